The largest absolute Gasteiger partial charge is 0.456 e. The zero-order valence-corrected chi connectivity index (χ0v) is 11.1. The van der Waals surface area contributed by atoms with Gasteiger partial charge >= 0.3 is 5.97 Å². The highest BCUT2D eigenvalue weighted by Gasteiger charge is 2.12. The first-order valence-electron chi connectivity index (χ1n) is 6.15. The lowest BCUT2D eigenvalue weighted by Crippen LogP contribution is -2.09. The number of carbonyl (C=O) groups is 1. The predicted molar refractivity (Wildman–Crippen MR) is 72.6 cm³/mol. The van der Waals surface area contributed by atoms with E-state index in [0.717, 1.165) is 17.8 Å². The second-order valence-electron chi connectivity index (χ2n) is 4.27. The number of hydrogen-bond acceptors (Lipinski definition) is 4. The lowest BCUT2D eigenvalue weighted by molar-refractivity contribution is 0.0465. The van der Waals surface area contributed by atoms with E-state index in [2.05, 4.69) is 5.10 Å². The second kappa shape index (κ2) is 5.56. The standard InChI is InChI=1S/C14H17N3O2/c1-3-10-8-11(17(2)16-10)9-19-14(18)12-6-4-5-7-13(12)15/h4-8H,3,9,15H2,1-2H3. The molecular formula is C14H17N3O2. The van der Waals surface area contributed by atoms with E-state index in [1.165, 1.54) is 0 Å². The Morgan fingerprint density at radius 2 is 2.16 bits per heavy atom. The fraction of sp³-hybridized carbons (Fsp3) is 0.286. The van der Waals surface area contributed by atoms with Gasteiger partial charge in [-0.05, 0) is 24.6 Å². The van der Waals surface area contributed by atoms with Crippen molar-refractivity contribution in [2.24, 2.45) is 7.05 Å². The summed E-state index contributed by atoms with van der Waals surface area (Å²) in [5, 5.41) is 4.30. The summed E-state index contributed by atoms with van der Waals surface area (Å²) < 4.78 is 6.98. The number of anilines is 1. The van der Waals surface area contributed by atoms with Gasteiger partial charge in [-0.25, -0.2) is 4.79 Å². The summed E-state index contributed by atoms with van der Waals surface area (Å²) in [6, 6.07) is 8.79. The van der Waals surface area contributed by atoms with Crippen LogP contribution in [0, 0.1) is 0 Å². The molecule has 100 valence electrons. The van der Waals surface area contributed by atoms with Crippen molar-refractivity contribution in [3.8, 4) is 0 Å². The summed E-state index contributed by atoms with van der Waals surface area (Å²) in [5.41, 5.74) is 8.38. The molecule has 0 aliphatic heterocycles. The van der Waals surface area contributed by atoms with Crippen LogP contribution in [-0.2, 0) is 24.8 Å². The third kappa shape index (κ3) is 2.93. The zero-order valence-electron chi connectivity index (χ0n) is 11.1. The summed E-state index contributed by atoms with van der Waals surface area (Å²) in [6.07, 6.45) is 0.855. The molecule has 0 saturated heterocycles. The van der Waals surface area contributed by atoms with E-state index in [0.29, 0.717) is 11.3 Å². The van der Waals surface area contributed by atoms with Crippen molar-refractivity contribution in [3.63, 3.8) is 0 Å². The van der Waals surface area contributed by atoms with Crippen molar-refractivity contribution >= 4 is 11.7 Å². The summed E-state index contributed by atoms with van der Waals surface area (Å²) in [4.78, 5) is 11.9. The van der Waals surface area contributed by atoms with Crippen LogP contribution in [0.25, 0.3) is 0 Å². The highest BCUT2D eigenvalue weighted by Crippen LogP contribution is 2.13. The SMILES string of the molecule is CCc1cc(COC(=O)c2ccccc2N)n(C)n1. The molecule has 1 aromatic heterocycles. The van der Waals surface area contributed by atoms with Gasteiger partial charge in [0.25, 0.3) is 0 Å². The molecule has 1 aromatic carbocycles. The van der Waals surface area contributed by atoms with Gasteiger partial charge < -0.3 is 10.5 Å². The van der Waals surface area contributed by atoms with Gasteiger partial charge in [-0.2, -0.15) is 5.10 Å². The summed E-state index contributed by atoms with van der Waals surface area (Å²) >= 11 is 0. The topological polar surface area (TPSA) is 70.1 Å². The van der Waals surface area contributed by atoms with E-state index >= 15 is 0 Å². The maximum absolute atomic E-state index is 11.9. The van der Waals surface area contributed by atoms with Crippen LogP contribution in [0.5, 0.6) is 0 Å². The number of para-hydroxylation sites is 1. The monoisotopic (exact) mass is 259 g/mol. The third-order valence-corrected chi connectivity index (χ3v) is 2.92. The fourth-order valence-electron chi connectivity index (χ4n) is 1.78. The van der Waals surface area contributed by atoms with Gasteiger partial charge in [-0.15, -0.1) is 0 Å². The molecule has 0 aliphatic carbocycles. The maximum atomic E-state index is 11.9. The van der Waals surface area contributed by atoms with Crippen LogP contribution in [0.2, 0.25) is 0 Å². The number of aromatic nitrogens is 2. The number of ether oxygens (including phenoxy) is 1. The average Bonchev–Trinajstić information content (AvgIpc) is 2.77. The minimum absolute atomic E-state index is 0.191. The molecule has 5 heteroatoms. The van der Waals surface area contributed by atoms with Gasteiger partial charge in [0, 0.05) is 12.7 Å². The van der Waals surface area contributed by atoms with Gasteiger partial charge in [-0.1, -0.05) is 19.1 Å². The van der Waals surface area contributed by atoms with Gasteiger partial charge in [0.2, 0.25) is 0 Å². The molecule has 0 aliphatic rings. The van der Waals surface area contributed by atoms with Crippen molar-refractivity contribution in [2.45, 2.75) is 20.0 Å². The molecule has 1 heterocycles. The number of nitrogen functional groups attached to an aromatic ring is 1. The minimum atomic E-state index is -0.419. The molecule has 0 fully saturated rings. The number of hydrogen-bond donors (Lipinski definition) is 1. The fourth-order valence-corrected chi connectivity index (χ4v) is 1.78. The molecular weight excluding hydrogens is 242 g/mol. The Bertz CT molecular complexity index is 590. The van der Waals surface area contributed by atoms with Crippen LogP contribution in [0.4, 0.5) is 5.69 Å². The number of nitrogens with zero attached hydrogens (tertiary/aromatic N) is 2. The molecule has 19 heavy (non-hydrogen) atoms. The lowest BCUT2D eigenvalue weighted by atomic mass is 10.2. The van der Waals surface area contributed by atoms with E-state index in [-0.39, 0.29) is 6.61 Å². The Labute approximate surface area is 112 Å². The van der Waals surface area contributed by atoms with E-state index in [1.807, 2.05) is 20.0 Å². The quantitative estimate of drug-likeness (QED) is 0.672. The Morgan fingerprint density at radius 3 is 2.79 bits per heavy atom. The Balaban J connectivity index is 2.04. The number of esters is 1. The summed E-state index contributed by atoms with van der Waals surface area (Å²) in [7, 11) is 1.83. The molecule has 2 aromatic rings. The first-order chi connectivity index (χ1) is 9.11. The smallest absolute Gasteiger partial charge is 0.340 e. The van der Waals surface area contributed by atoms with Crippen LogP contribution in [0.15, 0.2) is 30.3 Å². The number of carbonyl (C=O) groups excluding carboxylic acids is 1. The Morgan fingerprint density at radius 1 is 1.42 bits per heavy atom. The number of benzene rings is 1. The second-order valence-corrected chi connectivity index (χ2v) is 4.27. The van der Waals surface area contributed by atoms with Gasteiger partial charge in [0.1, 0.15) is 6.61 Å². The van der Waals surface area contributed by atoms with Crippen molar-refractivity contribution < 1.29 is 9.53 Å². The summed E-state index contributed by atoms with van der Waals surface area (Å²) in [6.45, 7) is 2.22. The van der Waals surface area contributed by atoms with Crippen LogP contribution < -0.4 is 5.73 Å². The van der Waals surface area contributed by atoms with Crippen LogP contribution in [0.1, 0.15) is 28.7 Å². The van der Waals surface area contributed by atoms with Gasteiger partial charge in [0.15, 0.2) is 0 Å². The lowest BCUT2D eigenvalue weighted by Gasteiger charge is -2.06. The molecule has 0 unspecified atom stereocenters. The first kappa shape index (κ1) is 13.1. The number of aryl methyl sites for hydroxylation is 2. The molecule has 0 atom stereocenters. The average molecular weight is 259 g/mol. The highest BCUT2D eigenvalue weighted by molar-refractivity contribution is 5.94. The number of rotatable bonds is 4. The van der Waals surface area contributed by atoms with Crippen molar-refractivity contribution in [2.75, 3.05) is 5.73 Å². The van der Waals surface area contributed by atoms with Crippen molar-refractivity contribution in [1.82, 2.24) is 9.78 Å². The van der Waals surface area contributed by atoms with E-state index < -0.39 is 5.97 Å². The Hall–Kier alpha value is -2.30. The van der Waals surface area contributed by atoms with E-state index in [9.17, 15) is 4.79 Å². The summed E-state index contributed by atoms with van der Waals surface area (Å²) in [5.74, 6) is -0.419. The molecule has 0 radical (unpaired) electrons. The molecule has 0 bridgehead atoms. The Kier molecular flexibility index (Phi) is 3.85. The third-order valence-electron chi connectivity index (χ3n) is 2.92. The van der Waals surface area contributed by atoms with Crippen molar-refractivity contribution in [3.05, 3.63) is 47.3 Å². The predicted octanol–water partition coefficient (Wildman–Crippen LogP) is 1.92. The molecule has 0 amide bonds. The zero-order chi connectivity index (χ0) is 13.8. The van der Waals surface area contributed by atoms with Crippen molar-refractivity contribution in [1.29, 1.82) is 0 Å². The maximum Gasteiger partial charge on any atom is 0.340 e. The highest BCUT2D eigenvalue weighted by atomic mass is 16.5. The van der Waals surface area contributed by atoms with E-state index in [1.54, 1.807) is 28.9 Å². The molecule has 0 saturated carbocycles. The molecule has 2 rings (SSSR count). The number of nitrogens with two attached hydrogens (primary N) is 1. The normalized spacial score (nSPS) is 10.4. The van der Waals surface area contributed by atoms with Gasteiger partial charge in [0.05, 0.1) is 17.0 Å². The van der Waals surface area contributed by atoms with Crippen LogP contribution in [0.3, 0.4) is 0 Å². The van der Waals surface area contributed by atoms with Crippen LogP contribution >= 0.6 is 0 Å². The molecule has 0 spiro atoms. The van der Waals surface area contributed by atoms with E-state index in [4.69, 9.17) is 10.5 Å². The molecule has 2 N–H and O–H groups in total. The molecule has 5 nitrogen and oxygen atoms in total. The van der Waals surface area contributed by atoms with Crippen LogP contribution in [-0.4, -0.2) is 15.7 Å². The van der Waals surface area contributed by atoms with Gasteiger partial charge in [-0.3, -0.25) is 4.68 Å². The minimum Gasteiger partial charge on any atom is -0.456 e. The first-order valence-corrected chi connectivity index (χ1v) is 6.15.